The lowest BCUT2D eigenvalue weighted by atomic mass is 10.0. The Balaban J connectivity index is 1.82. The minimum Gasteiger partial charge on any atom is -0.351 e. The van der Waals surface area contributed by atoms with Gasteiger partial charge in [0.1, 0.15) is 0 Å². The van der Waals surface area contributed by atoms with Crippen LogP contribution in [-0.2, 0) is 11.2 Å². The number of carbonyl (C=O) groups is 2. The van der Waals surface area contributed by atoms with Crippen LogP contribution in [0.1, 0.15) is 24.8 Å². The lowest BCUT2D eigenvalue weighted by Gasteiger charge is -2.24. The molecule has 1 fully saturated rings. The van der Waals surface area contributed by atoms with Crippen LogP contribution >= 0.6 is 0 Å². The number of nitrogens with two attached hydrogens (primary N) is 1. The molecule has 1 unspecified atom stereocenters. The van der Waals surface area contributed by atoms with Crippen LogP contribution in [0.25, 0.3) is 0 Å². The molecule has 1 atom stereocenters. The van der Waals surface area contributed by atoms with E-state index in [1.807, 2.05) is 6.07 Å². The number of nitrogens with zero attached hydrogens (tertiary/aromatic N) is 1. The summed E-state index contributed by atoms with van der Waals surface area (Å²) in [5.41, 5.74) is 6.25. The summed E-state index contributed by atoms with van der Waals surface area (Å²) in [6.45, 7) is 1.69. The zero-order chi connectivity index (χ0) is 14.4. The van der Waals surface area contributed by atoms with Crippen molar-refractivity contribution >= 4 is 11.9 Å². The summed E-state index contributed by atoms with van der Waals surface area (Å²) in [7, 11) is 0. The number of urea groups is 1. The van der Waals surface area contributed by atoms with Gasteiger partial charge in [0, 0.05) is 19.0 Å². The van der Waals surface area contributed by atoms with Gasteiger partial charge in [0.25, 0.3) is 0 Å². The van der Waals surface area contributed by atoms with Crippen LogP contribution in [0.4, 0.5) is 4.79 Å². The van der Waals surface area contributed by atoms with E-state index < -0.39 is 6.03 Å². The Morgan fingerprint density at radius 3 is 2.75 bits per heavy atom. The highest BCUT2D eigenvalue weighted by atomic mass is 16.2. The molecule has 0 spiro atoms. The topological polar surface area (TPSA) is 75.4 Å². The number of amides is 3. The molecule has 108 valence electrons. The molecule has 0 aliphatic carbocycles. The second-order valence-corrected chi connectivity index (χ2v) is 5.18. The third-order valence-corrected chi connectivity index (χ3v) is 3.70. The van der Waals surface area contributed by atoms with Gasteiger partial charge >= 0.3 is 6.03 Å². The second kappa shape index (κ2) is 7.05. The molecule has 0 aromatic heterocycles. The lowest BCUT2D eigenvalue weighted by molar-refractivity contribution is -0.120. The molecule has 1 heterocycles. The molecule has 5 nitrogen and oxygen atoms in total. The Bertz CT molecular complexity index is 461. The van der Waals surface area contributed by atoms with Crippen LogP contribution in [0.2, 0.25) is 0 Å². The van der Waals surface area contributed by atoms with Gasteiger partial charge in [0.05, 0.1) is 0 Å². The number of primary amides is 1. The van der Waals surface area contributed by atoms with Crippen molar-refractivity contribution in [1.29, 1.82) is 0 Å². The number of imide groups is 1. The SMILES string of the molecule is NC(=O)NC(=O)CCN1CCCC1Cc1ccccc1. The number of hydrogen-bond donors (Lipinski definition) is 2. The molecule has 3 N–H and O–H groups in total. The molecular formula is C15H21N3O2. The summed E-state index contributed by atoms with van der Waals surface area (Å²) in [6, 6.07) is 10.1. The highest BCUT2D eigenvalue weighted by Gasteiger charge is 2.24. The zero-order valence-electron chi connectivity index (χ0n) is 11.5. The van der Waals surface area contributed by atoms with Crippen molar-refractivity contribution in [3.8, 4) is 0 Å². The summed E-state index contributed by atoms with van der Waals surface area (Å²) in [6.07, 6.45) is 3.65. The fourth-order valence-corrected chi connectivity index (χ4v) is 2.75. The third-order valence-electron chi connectivity index (χ3n) is 3.70. The maximum atomic E-state index is 11.4. The predicted octanol–water partition coefficient (Wildman–Crippen LogP) is 1.28. The summed E-state index contributed by atoms with van der Waals surface area (Å²) < 4.78 is 0. The van der Waals surface area contributed by atoms with Crippen LogP contribution in [0.15, 0.2) is 30.3 Å². The maximum absolute atomic E-state index is 11.4. The van der Waals surface area contributed by atoms with Crippen molar-refractivity contribution in [2.24, 2.45) is 5.73 Å². The van der Waals surface area contributed by atoms with E-state index in [0.29, 0.717) is 19.0 Å². The Morgan fingerprint density at radius 1 is 1.30 bits per heavy atom. The standard InChI is InChI=1S/C15H21N3O2/c16-15(20)17-14(19)8-10-18-9-4-7-13(18)11-12-5-2-1-3-6-12/h1-3,5-6,13H,4,7-11H2,(H3,16,17,19,20). The van der Waals surface area contributed by atoms with Crippen LogP contribution in [0.3, 0.4) is 0 Å². The fourth-order valence-electron chi connectivity index (χ4n) is 2.75. The molecule has 1 saturated heterocycles. The summed E-state index contributed by atoms with van der Waals surface area (Å²) in [4.78, 5) is 24.4. The lowest BCUT2D eigenvalue weighted by Crippen LogP contribution is -2.38. The zero-order valence-corrected chi connectivity index (χ0v) is 11.5. The first-order valence-electron chi connectivity index (χ1n) is 7.02. The molecule has 20 heavy (non-hydrogen) atoms. The van der Waals surface area contributed by atoms with E-state index in [4.69, 9.17) is 5.73 Å². The number of rotatable bonds is 5. The third kappa shape index (κ3) is 4.35. The van der Waals surface area contributed by atoms with Crippen LogP contribution < -0.4 is 11.1 Å². The van der Waals surface area contributed by atoms with Gasteiger partial charge in [0.15, 0.2) is 0 Å². The highest BCUT2D eigenvalue weighted by Crippen LogP contribution is 2.21. The molecule has 2 rings (SSSR count). The largest absolute Gasteiger partial charge is 0.351 e. The Morgan fingerprint density at radius 2 is 2.05 bits per heavy atom. The molecular weight excluding hydrogens is 254 g/mol. The average molecular weight is 275 g/mol. The summed E-state index contributed by atoms with van der Waals surface area (Å²) in [5, 5.41) is 2.10. The van der Waals surface area contributed by atoms with Crippen molar-refractivity contribution in [1.82, 2.24) is 10.2 Å². The minimum atomic E-state index is -0.780. The van der Waals surface area contributed by atoms with Crippen LogP contribution in [0.5, 0.6) is 0 Å². The van der Waals surface area contributed by atoms with E-state index in [0.717, 1.165) is 25.8 Å². The van der Waals surface area contributed by atoms with Gasteiger partial charge in [-0.05, 0) is 31.4 Å². The monoisotopic (exact) mass is 275 g/mol. The van der Waals surface area contributed by atoms with Gasteiger partial charge in [-0.2, -0.15) is 0 Å². The molecule has 3 amide bonds. The molecule has 1 aromatic carbocycles. The van der Waals surface area contributed by atoms with Crippen molar-refractivity contribution in [3.05, 3.63) is 35.9 Å². The van der Waals surface area contributed by atoms with E-state index >= 15 is 0 Å². The number of carbonyl (C=O) groups excluding carboxylic acids is 2. The van der Waals surface area contributed by atoms with Crippen molar-refractivity contribution in [3.63, 3.8) is 0 Å². The summed E-state index contributed by atoms with van der Waals surface area (Å²) >= 11 is 0. The molecule has 1 aliphatic heterocycles. The molecule has 5 heteroatoms. The quantitative estimate of drug-likeness (QED) is 0.850. The number of nitrogens with one attached hydrogen (secondary N) is 1. The molecule has 0 bridgehead atoms. The van der Waals surface area contributed by atoms with Crippen LogP contribution in [-0.4, -0.2) is 36.0 Å². The smallest absolute Gasteiger partial charge is 0.318 e. The van der Waals surface area contributed by atoms with E-state index in [1.54, 1.807) is 0 Å². The van der Waals surface area contributed by atoms with Gasteiger partial charge < -0.3 is 5.73 Å². The average Bonchev–Trinajstić information content (AvgIpc) is 2.84. The minimum absolute atomic E-state index is 0.303. The van der Waals surface area contributed by atoms with Crippen molar-refractivity contribution in [2.45, 2.75) is 31.7 Å². The number of hydrogen-bond acceptors (Lipinski definition) is 3. The Kier molecular flexibility index (Phi) is 5.12. The maximum Gasteiger partial charge on any atom is 0.318 e. The predicted molar refractivity (Wildman–Crippen MR) is 77.1 cm³/mol. The van der Waals surface area contributed by atoms with E-state index in [-0.39, 0.29) is 5.91 Å². The van der Waals surface area contributed by atoms with E-state index in [2.05, 4.69) is 34.5 Å². The normalized spacial score (nSPS) is 18.9. The van der Waals surface area contributed by atoms with Gasteiger partial charge in [-0.15, -0.1) is 0 Å². The van der Waals surface area contributed by atoms with Gasteiger partial charge in [-0.1, -0.05) is 30.3 Å². The van der Waals surface area contributed by atoms with Crippen molar-refractivity contribution < 1.29 is 9.59 Å². The first kappa shape index (κ1) is 14.5. The molecule has 1 aliphatic rings. The fraction of sp³-hybridized carbons (Fsp3) is 0.467. The van der Waals surface area contributed by atoms with Crippen LogP contribution in [0, 0.1) is 0 Å². The summed E-state index contributed by atoms with van der Waals surface area (Å²) in [5.74, 6) is -0.303. The molecule has 1 aromatic rings. The second-order valence-electron chi connectivity index (χ2n) is 5.18. The van der Waals surface area contributed by atoms with E-state index in [9.17, 15) is 9.59 Å². The first-order valence-corrected chi connectivity index (χ1v) is 7.02. The van der Waals surface area contributed by atoms with Crippen molar-refractivity contribution in [2.75, 3.05) is 13.1 Å². The Hall–Kier alpha value is -1.88. The Labute approximate surface area is 119 Å². The molecule has 0 saturated carbocycles. The number of likely N-dealkylation sites (tertiary alicyclic amines) is 1. The highest BCUT2D eigenvalue weighted by molar-refractivity contribution is 5.93. The first-order chi connectivity index (χ1) is 9.65. The number of benzene rings is 1. The van der Waals surface area contributed by atoms with E-state index in [1.165, 1.54) is 5.56 Å². The van der Waals surface area contributed by atoms with Gasteiger partial charge in [-0.3, -0.25) is 15.0 Å². The van der Waals surface area contributed by atoms with Gasteiger partial charge in [0.2, 0.25) is 5.91 Å². The molecule has 0 radical (unpaired) electrons. The van der Waals surface area contributed by atoms with Gasteiger partial charge in [-0.25, -0.2) is 4.79 Å².